The van der Waals surface area contributed by atoms with Crippen LogP contribution in [0.25, 0.3) is 11.3 Å². The molecule has 0 aliphatic rings. The van der Waals surface area contributed by atoms with Gasteiger partial charge in [-0.3, -0.25) is 0 Å². The van der Waals surface area contributed by atoms with E-state index in [1.165, 1.54) is 11.3 Å². The first-order valence-corrected chi connectivity index (χ1v) is 6.15. The van der Waals surface area contributed by atoms with Crippen LogP contribution < -0.4 is 4.74 Å². The maximum atomic E-state index is 10.4. The summed E-state index contributed by atoms with van der Waals surface area (Å²) in [6.45, 7) is 2.03. The summed E-state index contributed by atoms with van der Waals surface area (Å²) >= 11 is 1.50. The van der Waals surface area contributed by atoms with E-state index in [-0.39, 0.29) is 0 Å². The molecule has 0 aliphatic carbocycles. The molecule has 0 N–H and O–H groups in total. The fourth-order valence-corrected chi connectivity index (χ4v) is 2.36. The molecule has 1 heterocycles. The number of aldehydes is 1. The summed E-state index contributed by atoms with van der Waals surface area (Å²) in [5.41, 5.74) is 3.00. The molecule has 2 aromatic rings. The van der Waals surface area contributed by atoms with Gasteiger partial charge in [-0.25, -0.2) is 4.98 Å². The van der Waals surface area contributed by atoms with Gasteiger partial charge in [-0.2, -0.15) is 0 Å². The number of hydrogen-bond donors (Lipinski definition) is 0. The number of carbonyl (C=O) groups is 1. The predicted octanol–water partition coefficient (Wildman–Crippen LogP) is 2.87. The molecule has 1 aromatic heterocycles. The van der Waals surface area contributed by atoms with E-state index in [1.807, 2.05) is 30.5 Å². The second-order valence-electron chi connectivity index (χ2n) is 3.70. The highest BCUT2D eigenvalue weighted by Gasteiger charge is 2.09. The molecule has 0 spiro atoms. The molecule has 0 atom stereocenters. The first kappa shape index (κ1) is 11.8. The second kappa shape index (κ2) is 5.10. The van der Waals surface area contributed by atoms with E-state index in [0.717, 1.165) is 33.9 Å². The molecule has 4 heteroatoms. The van der Waals surface area contributed by atoms with Gasteiger partial charge in [0.15, 0.2) is 0 Å². The van der Waals surface area contributed by atoms with Crippen LogP contribution in [-0.2, 0) is 11.2 Å². The zero-order valence-corrected chi connectivity index (χ0v) is 10.6. The van der Waals surface area contributed by atoms with Crippen LogP contribution in [0.4, 0.5) is 0 Å². The van der Waals surface area contributed by atoms with Crippen molar-refractivity contribution in [2.45, 2.75) is 13.3 Å². The number of rotatable bonds is 4. The van der Waals surface area contributed by atoms with Crippen molar-refractivity contribution >= 4 is 17.6 Å². The lowest BCUT2D eigenvalue weighted by Crippen LogP contribution is -1.90. The molecule has 0 bridgehead atoms. The van der Waals surface area contributed by atoms with Crippen molar-refractivity contribution in [2.24, 2.45) is 0 Å². The monoisotopic (exact) mass is 247 g/mol. The highest BCUT2D eigenvalue weighted by atomic mass is 32.1. The first-order chi connectivity index (χ1) is 8.24. The third-order valence-corrected chi connectivity index (χ3v) is 3.31. The maximum absolute atomic E-state index is 10.4. The molecule has 1 aromatic carbocycles. The van der Waals surface area contributed by atoms with Gasteiger partial charge in [0, 0.05) is 10.9 Å². The zero-order chi connectivity index (χ0) is 12.3. The lowest BCUT2D eigenvalue weighted by Gasteiger charge is -2.06. The van der Waals surface area contributed by atoms with Gasteiger partial charge in [0.2, 0.25) is 0 Å². The largest absolute Gasteiger partial charge is 0.496 e. The quantitative estimate of drug-likeness (QED) is 0.780. The normalized spacial score (nSPS) is 10.2. The lowest BCUT2D eigenvalue weighted by molar-refractivity contribution is -0.107. The topological polar surface area (TPSA) is 39.2 Å². The van der Waals surface area contributed by atoms with Gasteiger partial charge in [-0.1, -0.05) is 11.6 Å². The van der Waals surface area contributed by atoms with Crippen molar-refractivity contribution in [1.29, 1.82) is 0 Å². The van der Waals surface area contributed by atoms with Gasteiger partial charge in [0.1, 0.15) is 17.0 Å². The molecule has 88 valence electrons. The molecule has 0 fully saturated rings. The summed E-state index contributed by atoms with van der Waals surface area (Å²) in [4.78, 5) is 14.9. The number of nitrogens with zero attached hydrogens (tertiary/aromatic N) is 1. The van der Waals surface area contributed by atoms with Gasteiger partial charge in [-0.05, 0) is 19.1 Å². The molecular weight excluding hydrogens is 234 g/mol. The number of hydrogen-bond acceptors (Lipinski definition) is 4. The number of aryl methyl sites for hydroxylation is 1. The van der Waals surface area contributed by atoms with Crippen molar-refractivity contribution in [1.82, 2.24) is 4.98 Å². The first-order valence-electron chi connectivity index (χ1n) is 5.27. The smallest absolute Gasteiger partial charge is 0.128 e. The Morgan fingerprint density at radius 2 is 2.29 bits per heavy atom. The minimum atomic E-state index is 0.374. The van der Waals surface area contributed by atoms with Gasteiger partial charge in [0.05, 0.1) is 19.2 Å². The van der Waals surface area contributed by atoms with Crippen LogP contribution in [0.2, 0.25) is 0 Å². The van der Waals surface area contributed by atoms with Crippen molar-refractivity contribution < 1.29 is 9.53 Å². The molecular formula is C13H13NO2S. The summed E-state index contributed by atoms with van der Waals surface area (Å²) in [6, 6.07) is 5.98. The van der Waals surface area contributed by atoms with E-state index in [2.05, 4.69) is 4.98 Å². The van der Waals surface area contributed by atoms with Crippen LogP contribution in [0.15, 0.2) is 23.6 Å². The highest BCUT2D eigenvalue weighted by molar-refractivity contribution is 7.10. The Morgan fingerprint density at radius 3 is 3.00 bits per heavy atom. The van der Waals surface area contributed by atoms with Crippen LogP contribution >= 0.6 is 11.3 Å². The molecule has 0 saturated carbocycles. The Bertz CT molecular complexity index is 534. The van der Waals surface area contributed by atoms with Gasteiger partial charge >= 0.3 is 0 Å². The van der Waals surface area contributed by atoms with Gasteiger partial charge in [0.25, 0.3) is 0 Å². The van der Waals surface area contributed by atoms with E-state index in [1.54, 1.807) is 7.11 Å². The third-order valence-electron chi connectivity index (χ3n) is 2.44. The summed E-state index contributed by atoms with van der Waals surface area (Å²) in [7, 11) is 1.65. The molecule has 0 saturated heterocycles. The number of methoxy groups -OCH3 is 1. The Labute approximate surface area is 104 Å². The van der Waals surface area contributed by atoms with E-state index in [9.17, 15) is 4.79 Å². The average Bonchev–Trinajstić information content (AvgIpc) is 2.78. The van der Waals surface area contributed by atoms with Crippen LogP contribution in [0, 0.1) is 6.92 Å². The Morgan fingerprint density at radius 1 is 1.47 bits per heavy atom. The lowest BCUT2D eigenvalue weighted by atomic mass is 10.1. The predicted molar refractivity (Wildman–Crippen MR) is 68.6 cm³/mol. The highest BCUT2D eigenvalue weighted by Crippen LogP contribution is 2.31. The van der Waals surface area contributed by atoms with Crippen LogP contribution in [0.5, 0.6) is 5.75 Å². The summed E-state index contributed by atoms with van der Waals surface area (Å²) in [5.74, 6) is 0.804. The fourth-order valence-electron chi connectivity index (χ4n) is 1.62. The zero-order valence-electron chi connectivity index (χ0n) is 9.77. The van der Waals surface area contributed by atoms with E-state index in [4.69, 9.17) is 4.74 Å². The van der Waals surface area contributed by atoms with E-state index >= 15 is 0 Å². The van der Waals surface area contributed by atoms with Crippen molar-refractivity contribution in [3.05, 3.63) is 34.2 Å². The Balaban J connectivity index is 2.43. The molecule has 2 rings (SSSR count). The van der Waals surface area contributed by atoms with E-state index < -0.39 is 0 Å². The number of ether oxygens (including phenoxy) is 1. The van der Waals surface area contributed by atoms with Crippen LogP contribution in [0.1, 0.15) is 10.6 Å². The van der Waals surface area contributed by atoms with Crippen molar-refractivity contribution in [2.75, 3.05) is 7.11 Å². The minimum absolute atomic E-state index is 0.374. The molecule has 0 unspecified atom stereocenters. The third kappa shape index (κ3) is 2.53. The standard InChI is InChI=1S/C13H13NO2S/c1-9-3-4-12(16-2)10(7-9)11-8-17-13(14-11)5-6-15/h3-4,6-8H,5H2,1-2H3. The number of thiazole rings is 1. The maximum Gasteiger partial charge on any atom is 0.128 e. The molecule has 0 aliphatic heterocycles. The fraction of sp³-hybridized carbons (Fsp3) is 0.231. The molecule has 0 radical (unpaired) electrons. The summed E-state index contributed by atoms with van der Waals surface area (Å²) in [5, 5.41) is 2.79. The SMILES string of the molecule is COc1ccc(C)cc1-c1csc(CC=O)n1. The Kier molecular flexibility index (Phi) is 3.54. The molecule has 17 heavy (non-hydrogen) atoms. The van der Waals surface area contributed by atoms with E-state index in [0.29, 0.717) is 6.42 Å². The number of aromatic nitrogens is 1. The second-order valence-corrected chi connectivity index (χ2v) is 4.64. The van der Waals surface area contributed by atoms with Gasteiger partial charge in [-0.15, -0.1) is 11.3 Å². The summed E-state index contributed by atoms with van der Waals surface area (Å²) < 4.78 is 5.32. The molecule has 3 nitrogen and oxygen atoms in total. The van der Waals surface area contributed by atoms with Crippen molar-refractivity contribution in [3.8, 4) is 17.0 Å². The van der Waals surface area contributed by atoms with Crippen LogP contribution in [-0.4, -0.2) is 18.4 Å². The molecule has 0 amide bonds. The minimum Gasteiger partial charge on any atom is -0.496 e. The van der Waals surface area contributed by atoms with Crippen molar-refractivity contribution in [3.63, 3.8) is 0 Å². The summed E-state index contributed by atoms with van der Waals surface area (Å²) in [6.07, 6.45) is 1.24. The number of benzene rings is 1. The van der Waals surface area contributed by atoms with Crippen LogP contribution in [0.3, 0.4) is 0 Å². The average molecular weight is 247 g/mol. The van der Waals surface area contributed by atoms with Gasteiger partial charge < -0.3 is 9.53 Å². The number of carbonyl (C=O) groups excluding carboxylic acids is 1. The Hall–Kier alpha value is -1.68.